The molecule has 20 heavy (non-hydrogen) atoms. The van der Waals surface area contributed by atoms with Crippen molar-refractivity contribution in [2.75, 3.05) is 6.54 Å². The molecule has 5 heteroatoms. The lowest BCUT2D eigenvalue weighted by molar-refractivity contribution is 0.0303. The second kappa shape index (κ2) is 6.24. The fourth-order valence-electron chi connectivity index (χ4n) is 2.59. The highest BCUT2D eigenvalue weighted by Gasteiger charge is 2.29. The highest BCUT2D eigenvalue weighted by atomic mass is 32.2. The molecule has 4 nitrogen and oxygen atoms in total. The first kappa shape index (κ1) is 15.5. The van der Waals surface area contributed by atoms with Crippen molar-refractivity contribution in [3.8, 4) is 0 Å². The van der Waals surface area contributed by atoms with Crippen LogP contribution in [0.5, 0.6) is 0 Å². The summed E-state index contributed by atoms with van der Waals surface area (Å²) in [5, 5.41) is 10.5. The molecule has 0 aromatic heterocycles. The Morgan fingerprint density at radius 2 is 1.65 bits per heavy atom. The summed E-state index contributed by atoms with van der Waals surface area (Å²) in [5.41, 5.74) is 0.125. The van der Waals surface area contributed by atoms with Gasteiger partial charge in [0.1, 0.15) is 0 Å². The van der Waals surface area contributed by atoms with Crippen LogP contribution in [0.2, 0.25) is 0 Å². The first-order chi connectivity index (χ1) is 9.41. The van der Waals surface area contributed by atoms with Crippen LogP contribution in [0.1, 0.15) is 44.1 Å². The van der Waals surface area contributed by atoms with E-state index in [-0.39, 0.29) is 11.4 Å². The summed E-state index contributed by atoms with van der Waals surface area (Å²) in [7, 11) is -3.54. The van der Waals surface area contributed by atoms with Crippen molar-refractivity contribution in [3.63, 3.8) is 0 Å². The van der Waals surface area contributed by atoms with Gasteiger partial charge in [-0.1, -0.05) is 43.4 Å². The maximum atomic E-state index is 12.2. The van der Waals surface area contributed by atoms with Crippen LogP contribution in [0.3, 0.4) is 0 Å². The van der Waals surface area contributed by atoms with Crippen molar-refractivity contribution in [1.29, 1.82) is 0 Å². The Bertz CT molecular complexity index is 529. The molecule has 2 rings (SSSR count). The Morgan fingerprint density at radius 3 is 2.20 bits per heavy atom. The Labute approximate surface area is 121 Å². The Morgan fingerprint density at radius 1 is 1.10 bits per heavy atom. The van der Waals surface area contributed by atoms with E-state index in [1.165, 1.54) is 0 Å². The summed E-state index contributed by atoms with van der Waals surface area (Å²) in [5.74, 6) is 0. The average Bonchev–Trinajstić information content (AvgIpc) is 2.63. The highest BCUT2D eigenvalue weighted by molar-refractivity contribution is 7.89. The summed E-state index contributed by atoms with van der Waals surface area (Å²) in [4.78, 5) is 0.250. The zero-order valence-electron chi connectivity index (χ0n) is 11.9. The lowest BCUT2D eigenvalue weighted by Gasteiger charge is -2.26. The third-order valence-electron chi connectivity index (χ3n) is 3.96. The molecule has 0 heterocycles. The minimum absolute atomic E-state index is 0.100. The fourth-order valence-corrected chi connectivity index (χ4v) is 3.71. The van der Waals surface area contributed by atoms with Gasteiger partial charge in [0.15, 0.2) is 0 Å². The number of benzene rings is 1. The standard InChI is InChI=1S/C15H23NO3S/c1-13-6-8-14(9-7-13)20(18,19)16-12-15(17)10-4-2-3-5-11-15/h6-9,16-17H,2-5,10-12H2,1H3. The van der Waals surface area contributed by atoms with Crippen LogP contribution in [0.4, 0.5) is 0 Å². The zero-order chi connectivity index (χ0) is 14.6. The maximum absolute atomic E-state index is 12.2. The molecular formula is C15H23NO3S. The van der Waals surface area contributed by atoms with Crippen molar-refractivity contribution < 1.29 is 13.5 Å². The van der Waals surface area contributed by atoms with Crippen LogP contribution in [0.15, 0.2) is 29.2 Å². The molecule has 0 radical (unpaired) electrons. The van der Waals surface area contributed by atoms with Gasteiger partial charge in [-0.2, -0.15) is 0 Å². The number of sulfonamides is 1. The molecule has 1 aromatic rings. The van der Waals surface area contributed by atoms with Crippen molar-refractivity contribution in [2.45, 2.75) is 55.9 Å². The average molecular weight is 297 g/mol. The largest absolute Gasteiger partial charge is 0.389 e. The predicted molar refractivity (Wildman–Crippen MR) is 79.0 cm³/mol. The van der Waals surface area contributed by atoms with Gasteiger partial charge >= 0.3 is 0 Å². The molecule has 0 aliphatic heterocycles. The molecule has 0 spiro atoms. The number of hydrogen-bond acceptors (Lipinski definition) is 3. The van der Waals surface area contributed by atoms with Gasteiger partial charge in [-0.05, 0) is 31.9 Å². The first-order valence-corrected chi connectivity index (χ1v) is 8.68. The van der Waals surface area contributed by atoms with Crippen molar-refractivity contribution in [2.24, 2.45) is 0 Å². The van der Waals surface area contributed by atoms with Crippen LogP contribution >= 0.6 is 0 Å². The number of hydrogen-bond donors (Lipinski definition) is 2. The van der Waals surface area contributed by atoms with Gasteiger partial charge in [0, 0.05) is 6.54 Å². The van der Waals surface area contributed by atoms with Crippen molar-refractivity contribution >= 4 is 10.0 Å². The molecule has 0 bridgehead atoms. The second-order valence-corrected chi connectivity index (χ2v) is 7.54. The van der Waals surface area contributed by atoms with Gasteiger partial charge in [0.25, 0.3) is 0 Å². The molecule has 1 fully saturated rings. The van der Waals surface area contributed by atoms with E-state index in [0.717, 1.165) is 31.2 Å². The van der Waals surface area contributed by atoms with Gasteiger partial charge in [-0.15, -0.1) is 0 Å². The minimum Gasteiger partial charge on any atom is -0.389 e. The normalized spacial score (nSPS) is 19.5. The molecule has 1 aliphatic carbocycles. The third-order valence-corrected chi connectivity index (χ3v) is 5.37. The molecule has 2 N–H and O–H groups in total. The number of rotatable bonds is 4. The third kappa shape index (κ3) is 4.04. The van der Waals surface area contributed by atoms with Crippen LogP contribution in [-0.4, -0.2) is 25.7 Å². The molecule has 0 unspecified atom stereocenters. The van der Waals surface area contributed by atoms with Crippen LogP contribution in [0.25, 0.3) is 0 Å². The molecule has 1 saturated carbocycles. The zero-order valence-corrected chi connectivity index (χ0v) is 12.7. The SMILES string of the molecule is Cc1ccc(S(=O)(=O)NCC2(O)CCCCCC2)cc1. The summed E-state index contributed by atoms with van der Waals surface area (Å²) in [6.07, 6.45) is 5.50. The second-order valence-electron chi connectivity index (χ2n) is 5.78. The van der Waals surface area contributed by atoms with E-state index in [2.05, 4.69) is 4.72 Å². The van der Waals surface area contributed by atoms with E-state index in [0.29, 0.717) is 12.8 Å². The van der Waals surface area contributed by atoms with Gasteiger partial charge < -0.3 is 5.11 Å². The van der Waals surface area contributed by atoms with Gasteiger partial charge in [-0.25, -0.2) is 13.1 Å². The molecule has 0 saturated heterocycles. The number of aliphatic hydroxyl groups is 1. The van der Waals surface area contributed by atoms with E-state index in [1.807, 2.05) is 6.92 Å². The lowest BCUT2D eigenvalue weighted by Crippen LogP contribution is -2.42. The van der Waals surface area contributed by atoms with E-state index in [1.54, 1.807) is 24.3 Å². The molecule has 0 atom stereocenters. The Balaban J connectivity index is 2.03. The van der Waals surface area contributed by atoms with Crippen molar-refractivity contribution in [1.82, 2.24) is 4.72 Å². The summed E-state index contributed by atoms with van der Waals surface area (Å²) >= 11 is 0. The molecular weight excluding hydrogens is 274 g/mol. The van der Waals surface area contributed by atoms with E-state index in [9.17, 15) is 13.5 Å². The van der Waals surface area contributed by atoms with Crippen molar-refractivity contribution in [3.05, 3.63) is 29.8 Å². The van der Waals surface area contributed by atoms with Gasteiger partial charge in [0.05, 0.1) is 10.5 Å². The first-order valence-electron chi connectivity index (χ1n) is 7.20. The molecule has 112 valence electrons. The lowest BCUT2D eigenvalue weighted by atomic mass is 9.95. The van der Waals surface area contributed by atoms with E-state index < -0.39 is 15.6 Å². The molecule has 1 aliphatic rings. The monoisotopic (exact) mass is 297 g/mol. The summed E-state index contributed by atoms with van der Waals surface area (Å²) in [6.45, 7) is 2.02. The number of aryl methyl sites for hydroxylation is 1. The van der Waals surface area contributed by atoms with E-state index >= 15 is 0 Å². The predicted octanol–water partition coefficient (Wildman–Crippen LogP) is 2.36. The Kier molecular flexibility index (Phi) is 4.83. The van der Waals surface area contributed by atoms with E-state index in [4.69, 9.17) is 0 Å². The summed E-state index contributed by atoms with van der Waals surface area (Å²) in [6, 6.07) is 6.73. The quantitative estimate of drug-likeness (QED) is 0.838. The maximum Gasteiger partial charge on any atom is 0.240 e. The van der Waals surface area contributed by atoms with Gasteiger partial charge in [-0.3, -0.25) is 0 Å². The van der Waals surface area contributed by atoms with Crippen LogP contribution in [0, 0.1) is 6.92 Å². The highest BCUT2D eigenvalue weighted by Crippen LogP contribution is 2.26. The van der Waals surface area contributed by atoms with Crippen LogP contribution in [-0.2, 0) is 10.0 Å². The smallest absolute Gasteiger partial charge is 0.240 e. The topological polar surface area (TPSA) is 66.4 Å². The van der Waals surface area contributed by atoms with Crippen LogP contribution < -0.4 is 4.72 Å². The number of nitrogens with one attached hydrogen (secondary N) is 1. The molecule has 1 aromatic carbocycles. The molecule has 0 amide bonds. The summed E-state index contributed by atoms with van der Waals surface area (Å²) < 4.78 is 26.9. The fraction of sp³-hybridized carbons (Fsp3) is 0.600. The Hall–Kier alpha value is -0.910. The minimum atomic E-state index is -3.54. The van der Waals surface area contributed by atoms with Gasteiger partial charge in [0.2, 0.25) is 10.0 Å².